The van der Waals surface area contributed by atoms with Gasteiger partial charge in [-0.2, -0.15) is 0 Å². The number of carbonyl (C=O) groups excluding carboxylic acids is 2. The topological polar surface area (TPSA) is 49.4 Å². The highest BCUT2D eigenvalue weighted by atomic mass is 16.2. The third-order valence-corrected chi connectivity index (χ3v) is 4.52. The summed E-state index contributed by atoms with van der Waals surface area (Å²) in [6.45, 7) is 7.83. The van der Waals surface area contributed by atoms with Crippen LogP contribution < -0.4 is 5.32 Å². The molecule has 1 aliphatic heterocycles. The first-order valence-corrected chi connectivity index (χ1v) is 6.56. The molecular weight excluding hydrogens is 216 g/mol. The molecule has 0 bridgehead atoms. The first kappa shape index (κ1) is 12.4. The van der Waals surface area contributed by atoms with Gasteiger partial charge >= 0.3 is 0 Å². The molecule has 4 nitrogen and oxygen atoms in total. The van der Waals surface area contributed by atoms with Gasteiger partial charge in [0.2, 0.25) is 11.8 Å². The van der Waals surface area contributed by atoms with Crippen LogP contribution in [0.4, 0.5) is 0 Å². The molecule has 0 aromatic heterocycles. The zero-order valence-electron chi connectivity index (χ0n) is 11.2. The maximum atomic E-state index is 12.7. The van der Waals surface area contributed by atoms with E-state index in [2.05, 4.69) is 12.2 Å². The first-order valence-electron chi connectivity index (χ1n) is 6.56. The van der Waals surface area contributed by atoms with E-state index in [-0.39, 0.29) is 23.4 Å². The molecule has 1 aliphatic carbocycles. The number of hydrogen-bond donors (Lipinski definition) is 1. The predicted octanol–water partition coefficient (Wildman–Crippen LogP) is 1.44. The minimum Gasteiger partial charge on any atom is -0.340 e. The maximum Gasteiger partial charge on any atom is 0.249 e. The minimum atomic E-state index is -0.671. The summed E-state index contributed by atoms with van der Waals surface area (Å²) in [5.41, 5.74) is -0.751. The van der Waals surface area contributed by atoms with Crippen LogP contribution in [-0.2, 0) is 9.59 Å². The summed E-state index contributed by atoms with van der Waals surface area (Å²) in [7, 11) is 0. The molecule has 2 fully saturated rings. The summed E-state index contributed by atoms with van der Waals surface area (Å²) in [5, 5.41) is 2.93. The molecule has 1 unspecified atom stereocenters. The average Bonchev–Trinajstić information content (AvgIpc) is 3.03. The van der Waals surface area contributed by atoms with E-state index in [4.69, 9.17) is 0 Å². The van der Waals surface area contributed by atoms with Gasteiger partial charge in [0, 0.05) is 5.54 Å². The second-order valence-corrected chi connectivity index (χ2v) is 5.63. The van der Waals surface area contributed by atoms with Crippen LogP contribution in [0.1, 0.15) is 53.4 Å². The van der Waals surface area contributed by atoms with E-state index in [9.17, 15) is 9.59 Å². The van der Waals surface area contributed by atoms with Crippen molar-refractivity contribution in [2.24, 2.45) is 0 Å². The Hall–Kier alpha value is -1.06. The molecular formula is C13H22N2O2. The maximum absolute atomic E-state index is 12.7. The zero-order valence-corrected chi connectivity index (χ0v) is 11.2. The van der Waals surface area contributed by atoms with E-state index in [1.165, 1.54) is 0 Å². The van der Waals surface area contributed by atoms with Crippen molar-refractivity contribution in [3.8, 4) is 0 Å². The molecule has 96 valence electrons. The highest BCUT2D eigenvalue weighted by Gasteiger charge is 2.56. The summed E-state index contributed by atoms with van der Waals surface area (Å²) in [5.74, 6) is 0.0935. The molecule has 1 N–H and O–H groups in total. The molecule has 1 heterocycles. The number of piperazine rings is 1. The largest absolute Gasteiger partial charge is 0.340 e. The van der Waals surface area contributed by atoms with Crippen molar-refractivity contribution < 1.29 is 9.59 Å². The molecule has 1 saturated carbocycles. The van der Waals surface area contributed by atoms with Crippen molar-refractivity contribution in [2.45, 2.75) is 70.5 Å². The van der Waals surface area contributed by atoms with Crippen LogP contribution in [0.2, 0.25) is 0 Å². The smallest absolute Gasteiger partial charge is 0.249 e. The predicted molar refractivity (Wildman–Crippen MR) is 65.4 cm³/mol. The zero-order chi connectivity index (χ0) is 12.8. The van der Waals surface area contributed by atoms with Crippen molar-refractivity contribution in [3.63, 3.8) is 0 Å². The second kappa shape index (κ2) is 3.72. The third kappa shape index (κ3) is 1.65. The van der Waals surface area contributed by atoms with Crippen LogP contribution >= 0.6 is 0 Å². The van der Waals surface area contributed by atoms with Crippen LogP contribution in [0.3, 0.4) is 0 Å². The Labute approximate surface area is 103 Å². The molecule has 2 rings (SSSR count). The van der Waals surface area contributed by atoms with Crippen molar-refractivity contribution in [1.29, 1.82) is 0 Å². The van der Waals surface area contributed by atoms with Gasteiger partial charge in [0.1, 0.15) is 11.6 Å². The highest BCUT2D eigenvalue weighted by Crippen LogP contribution is 2.45. The Bertz CT molecular complexity index is 356. The summed E-state index contributed by atoms with van der Waals surface area (Å²) in [4.78, 5) is 26.5. The summed E-state index contributed by atoms with van der Waals surface area (Å²) in [6.07, 6.45) is 3.35. The SMILES string of the molecule is CCC1(CC)NC(=O)C(C)N(C2(C)CC2)C1=O. The Balaban J connectivity index is 2.37. The van der Waals surface area contributed by atoms with Crippen molar-refractivity contribution in [1.82, 2.24) is 10.2 Å². The average molecular weight is 238 g/mol. The highest BCUT2D eigenvalue weighted by molar-refractivity contribution is 6.00. The van der Waals surface area contributed by atoms with Gasteiger partial charge in [-0.25, -0.2) is 0 Å². The van der Waals surface area contributed by atoms with Gasteiger partial charge in [-0.3, -0.25) is 9.59 Å². The Morgan fingerprint density at radius 2 is 1.82 bits per heavy atom. The second-order valence-electron chi connectivity index (χ2n) is 5.63. The normalized spacial score (nSPS) is 30.1. The fourth-order valence-corrected chi connectivity index (χ4v) is 2.78. The molecule has 2 amide bonds. The lowest BCUT2D eigenvalue weighted by molar-refractivity contribution is -0.158. The summed E-state index contributed by atoms with van der Waals surface area (Å²) in [6, 6.07) is -0.332. The fraction of sp³-hybridized carbons (Fsp3) is 0.846. The minimum absolute atomic E-state index is 0.0126. The molecule has 4 heteroatoms. The molecule has 1 atom stereocenters. The number of rotatable bonds is 3. The standard InChI is InChI=1S/C13H22N2O2/c1-5-13(6-2)11(17)15(12(4)7-8-12)9(3)10(16)14-13/h9H,5-8H2,1-4H3,(H,14,16). The van der Waals surface area contributed by atoms with Crippen molar-refractivity contribution in [2.75, 3.05) is 0 Å². The molecule has 0 aromatic carbocycles. The number of nitrogens with zero attached hydrogens (tertiary/aromatic N) is 1. The molecule has 0 spiro atoms. The van der Waals surface area contributed by atoms with E-state index >= 15 is 0 Å². The van der Waals surface area contributed by atoms with E-state index in [1.807, 2.05) is 25.7 Å². The number of amides is 2. The molecule has 1 saturated heterocycles. The molecule has 2 aliphatic rings. The van der Waals surface area contributed by atoms with Gasteiger partial charge in [0.25, 0.3) is 0 Å². The number of hydrogen-bond acceptors (Lipinski definition) is 2. The van der Waals surface area contributed by atoms with E-state index in [0.717, 1.165) is 12.8 Å². The molecule has 0 aromatic rings. The lowest BCUT2D eigenvalue weighted by Gasteiger charge is -2.47. The lowest BCUT2D eigenvalue weighted by atomic mass is 9.86. The monoisotopic (exact) mass is 238 g/mol. The lowest BCUT2D eigenvalue weighted by Crippen LogP contribution is -2.71. The number of nitrogens with one attached hydrogen (secondary N) is 1. The van der Waals surface area contributed by atoms with Crippen molar-refractivity contribution >= 4 is 11.8 Å². The van der Waals surface area contributed by atoms with Crippen LogP contribution in [0.15, 0.2) is 0 Å². The van der Waals surface area contributed by atoms with E-state index < -0.39 is 5.54 Å². The van der Waals surface area contributed by atoms with Crippen LogP contribution in [-0.4, -0.2) is 33.8 Å². The molecule has 0 radical (unpaired) electrons. The quantitative estimate of drug-likeness (QED) is 0.809. The summed E-state index contributed by atoms with van der Waals surface area (Å²) < 4.78 is 0. The van der Waals surface area contributed by atoms with Crippen LogP contribution in [0.5, 0.6) is 0 Å². The summed E-state index contributed by atoms with van der Waals surface area (Å²) >= 11 is 0. The Kier molecular flexibility index (Phi) is 2.71. The van der Waals surface area contributed by atoms with Gasteiger partial charge in [-0.05, 0) is 39.5 Å². The van der Waals surface area contributed by atoms with E-state index in [1.54, 1.807) is 0 Å². The fourth-order valence-electron chi connectivity index (χ4n) is 2.78. The van der Waals surface area contributed by atoms with Crippen molar-refractivity contribution in [3.05, 3.63) is 0 Å². The van der Waals surface area contributed by atoms with Gasteiger partial charge in [-0.1, -0.05) is 13.8 Å². The van der Waals surface area contributed by atoms with E-state index in [0.29, 0.717) is 12.8 Å². The van der Waals surface area contributed by atoms with Gasteiger partial charge in [0.05, 0.1) is 0 Å². The third-order valence-electron chi connectivity index (χ3n) is 4.52. The Morgan fingerprint density at radius 1 is 1.29 bits per heavy atom. The Morgan fingerprint density at radius 3 is 2.24 bits per heavy atom. The van der Waals surface area contributed by atoms with Gasteiger partial charge in [0.15, 0.2) is 0 Å². The van der Waals surface area contributed by atoms with Crippen LogP contribution in [0, 0.1) is 0 Å². The van der Waals surface area contributed by atoms with Gasteiger partial charge < -0.3 is 10.2 Å². The number of carbonyl (C=O) groups is 2. The van der Waals surface area contributed by atoms with Gasteiger partial charge in [-0.15, -0.1) is 0 Å². The van der Waals surface area contributed by atoms with Crippen LogP contribution in [0.25, 0.3) is 0 Å². The molecule has 17 heavy (non-hydrogen) atoms. The first-order chi connectivity index (χ1) is 7.90.